The van der Waals surface area contributed by atoms with Gasteiger partial charge in [-0.3, -0.25) is 4.57 Å². The van der Waals surface area contributed by atoms with Crippen molar-refractivity contribution in [1.29, 1.82) is 0 Å². The summed E-state index contributed by atoms with van der Waals surface area (Å²) in [5, 5.41) is 5.24. The monoisotopic (exact) mass is 734 g/mol. The first kappa shape index (κ1) is 31.1. The van der Waals surface area contributed by atoms with Gasteiger partial charge in [-0.2, -0.15) is 0 Å². The first-order valence-electron chi connectivity index (χ1n) is 21.0. The molecule has 3 heterocycles. The number of furan rings is 1. The lowest BCUT2D eigenvalue weighted by atomic mass is 9.88. The Bertz CT molecular complexity index is 3280. The third kappa shape index (κ3) is 5.21. The van der Waals surface area contributed by atoms with Gasteiger partial charge < -0.3 is 8.83 Å². The van der Waals surface area contributed by atoms with Crippen LogP contribution >= 0.6 is 0 Å². The smallest absolute Gasteiger partial charge is 0.200 e. The lowest BCUT2D eigenvalue weighted by molar-refractivity contribution is 0.412. The third-order valence-electron chi connectivity index (χ3n) is 11.3. The fourth-order valence-electron chi connectivity index (χ4n) is 8.43. The summed E-state index contributed by atoms with van der Waals surface area (Å²) in [6.45, 7) is 12.8. The van der Waals surface area contributed by atoms with Crippen LogP contribution in [0.1, 0.15) is 87.0 Å². The highest BCUT2D eigenvalue weighted by Crippen LogP contribution is 2.45. The van der Waals surface area contributed by atoms with E-state index in [-0.39, 0.29) is 22.8 Å². The average Bonchev–Trinajstić information content (AvgIpc) is 3.93. The van der Waals surface area contributed by atoms with Crippen LogP contribution in [-0.2, 0) is 5.41 Å². The molecule has 0 bridgehead atoms. The Morgan fingerprint density at radius 2 is 1.34 bits per heavy atom. The molecule has 5 nitrogen and oxygen atoms in total. The second kappa shape index (κ2) is 12.4. The van der Waals surface area contributed by atoms with Gasteiger partial charge in [-0.15, -0.1) is 0 Å². The molecule has 10 aromatic rings. The minimum Gasteiger partial charge on any atom is -0.455 e. The highest BCUT2D eigenvalue weighted by molar-refractivity contribution is 6.17. The van der Waals surface area contributed by atoms with Crippen molar-refractivity contribution < 1.29 is 12.9 Å². The van der Waals surface area contributed by atoms with Gasteiger partial charge in [-0.25, -0.2) is 9.97 Å². The molecule has 3 aromatic heterocycles. The lowest BCUT2D eigenvalue weighted by Gasteiger charge is -2.24. The Hall–Kier alpha value is -6.20. The fraction of sp³-hybridized carbons (Fsp3) is 0.216. The minimum absolute atomic E-state index is 0.162. The molecule has 10 rings (SSSR count). The molecule has 7 aromatic carbocycles. The Balaban J connectivity index is 1.34. The number of imidazole rings is 1. The summed E-state index contributed by atoms with van der Waals surface area (Å²) in [6, 6.07) is 39.5. The summed E-state index contributed by atoms with van der Waals surface area (Å²) in [7, 11) is 0. The Morgan fingerprint density at radius 1 is 0.625 bits per heavy atom. The predicted molar refractivity (Wildman–Crippen MR) is 233 cm³/mol. The van der Waals surface area contributed by atoms with E-state index in [1.807, 2.05) is 30.3 Å². The van der Waals surface area contributed by atoms with E-state index >= 15 is 0 Å². The molecule has 0 aliphatic carbocycles. The van der Waals surface area contributed by atoms with Gasteiger partial charge >= 0.3 is 0 Å². The van der Waals surface area contributed by atoms with E-state index in [9.17, 15) is 0 Å². The average molecular weight is 735 g/mol. The third-order valence-corrected chi connectivity index (χ3v) is 11.3. The SMILES string of the molecule is [2H]C([2H])([2H])c1ccc(-c2nc3ccc4ccccc4c3n2-c2c(C(C)C)cc(-c3ccccc3)cc2C(C)C)c2oc3cc4c(ccc5nc(C(C)(C)C)oc54)cc3c12. The molecule has 0 fully saturated rings. The number of oxazole rings is 1. The molecule has 0 amide bonds. The second-order valence-corrected chi connectivity index (χ2v) is 16.8. The van der Waals surface area contributed by atoms with Crippen molar-refractivity contribution in [2.24, 2.45) is 0 Å². The summed E-state index contributed by atoms with van der Waals surface area (Å²) >= 11 is 0. The number of fused-ring (bicyclic) bond motifs is 9. The molecule has 0 N–H and O–H groups in total. The highest BCUT2D eigenvalue weighted by Gasteiger charge is 2.28. The van der Waals surface area contributed by atoms with Crippen LogP contribution in [-0.4, -0.2) is 14.5 Å². The largest absolute Gasteiger partial charge is 0.455 e. The summed E-state index contributed by atoms with van der Waals surface area (Å²) in [6.07, 6.45) is 0. The number of hydrogen-bond donors (Lipinski definition) is 0. The van der Waals surface area contributed by atoms with Gasteiger partial charge in [0, 0.05) is 31.1 Å². The summed E-state index contributed by atoms with van der Waals surface area (Å²) in [4.78, 5) is 10.3. The van der Waals surface area contributed by atoms with Gasteiger partial charge in [0.05, 0.1) is 22.3 Å². The van der Waals surface area contributed by atoms with Crippen LogP contribution in [0.5, 0.6) is 0 Å². The van der Waals surface area contributed by atoms with Crippen molar-refractivity contribution in [2.45, 2.75) is 72.6 Å². The molecule has 0 aliphatic rings. The molecule has 0 saturated carbocycles. The van der Waals surface area contributed by atoms with Gasteiger partial charge in [0.25, 0.3) is 0 Å². The molecule has 0 spiro atoms. The number of benzene rings is 7. The fourth-order valence-corrected chi connectivity index (χ4v) is 8.43. The molecule has 0 radical (unpaired) electrons. The Labute approximate surface area is 330 Å². The standard InChI is InChI=1S/C51H45N3O2/c1-28(2)37-25-34(31-14-10-9-11-15-31)26-38(29(3)4)45(37)54-46-35-17-13-12-16-32(35)19-22-41(46)52-49(54)36-21-18-30(5)44-40-24-33-20-23-42-47(56-50(53-42)51(6,7)8)39(33)27-43(40)55-48(36)44/h9-29H,1-8H3/i5D3. The first-order valence-corrected chi connectivity index (χ1v) is 19.5. The quantitative estimate of drug-likeness (QED) is 0.177. The van der Waals surface area contributed by atoms with Crippen LogP contribution in [0.25, 0.3) is 93.8 Å². The lowest BCUT2D eigenvalue weighted by Crippen LogP contribution is -2.10. The number of nitrogens with zero attached hydrogens (tertiary/aromatic N) is 3. The number of hydrogen-bond acceptors (Lipinski definition) is 4. The maximum absolute atomic E-state index is 8.72. The molecule has 0 unspecified atom stereocenters. The molecule has 276 valence electrons. The van der Waals surface area contributed by atoms with Crippen LogP contribution < -0.4 is 0 Å². The molecule has 5 heteroatoms. The van der Waals surface area contributed by atoms with E-state index in [2.05, 4.69) is 132 Å². The van der Waals surface area contributed by atoms with E-state index in [0.29, 0.717) is 39.4 Å². The molecule has 56 heavy (non-hydrogen) atoms. The van der Waals surface area contributed by atoms with Crippen LogP contribution in [0.4, 0.5) is 0 Å². The zero-order valence-corrected chi connectivity index (χ0v) is 32.8. The van der Waals surface area contributed by atoms with E-state index in [1.165, 1.54) is 16.7 Å². The molecular weight excluding hydrogens is 687 g/mol. The predicted octanol–water partition coefficient (Wildman–Crippen LogP) is 14.6. The molecular formula is C51H45N3O2. The van der Waals surface area contributed by atoms with E-state index in [0.717, 1.165) is 54.7 Å². The normalized spacial score (nSPS) is 13.6. The van der Waals surface area contributed by atoms with Gasteiger partial charge in [0.15, 0.2) is 5.58 Å². The van der Waals surface area contributed by atoms with Crippen molar-refractivity contribution in [2.75, 3.05) is 0 Å². The van der Waals surface area contributed by atoms with Gasteiger partial charge in [0.1, 0.15) is 22.5 Å². The van der Waals surface area contributed by atoms with Gasteiger partial charge in [0.2, 0.25) is 5.89 Å². The second-order valence-electron chi connectivity index (χ2n) is 16.8. The molecule has 0 atom stereocenters. The van der Waals surface area contributed by atoms with E-state index in [1.54, 1.807) is 6.07 Å². The van der Waals surface area contributed by atoms with Crippen molar-refractivity contribution in [1.82, 2.24) is 14.5 Å². The maximum atomic E-state index is 8.72. The van der Waals surface area contributed by atoms with Crippen LogP contribution in [0.15, 0.2) is 124 Å². The zero-order valence-electron chi connectivity index (χ0n) is 35.8. The molecule has 0 aliphatic heterocycles. The minimum atomic E-state index is -2.40. The Kier molecular flexibility index (Phi) is 6.88. The summed E-state index contributed by atoms with van der Waals surface area (Å²) in [5.74, 6) is 1.66. The number of aromatic nitrogens is 3. The van der Waals surface area contributed by atoms with Crippen molar-refractivity contribution in [3.63, 3.8) is 0 Å². The van der Waals surface area contributed by atoms with Crippen molar-refractivity contribution in [3.05, 3.63) is 138 Å². The highest BCUT2D eigenvalue weighted by atomic mass is 16.4. The first-order chi connectivity index (χ1) is 28.2. The van der Waals surface area contributed by atoms with E-state index in [4.69, 9.17) is 22.9 Å². The zero-order chi connectivity index (χ0) is 41.1. The summed E-state index contributed by atoms with van der Waals surface area (Å²) < 4.78 is 41.9. The van der Waals surface area contributed by atoms with Crippen LogP contribution in [0.3, 0.4) is 0 Å². The summed E-state index contributed by atoms with van der Waals surface area (Å²) in [5.41, 5.74) is 10.8. The molecule has 0 saturated heterocycles. The van der Waals surface area contributed by atoms with E-state index < -0.39 is 6.85 Å². The van der Waals surface area contributed by atoms with Crippen molar-refractivity contribution >= 4 is 65.6 Å². The maximum Gasteiger partial charge on any atom is 0.200 e. The van der Waals surface area contributed by atoms with Crippen LogP contribution in [0.2, 0.25) is 0 Å². The van der Waals surface area contributed by atoms with Gasteiger partial charge in [-0.05, 0) is 99.7 Å². The van der Waals surface area contributed by atoms with Crippen LogP contribution in [0, 0.1) is 6.85 Å². The van der Waals surface area contributed by atoms with Gasteiger partial charge in [-0.1, -0.05) is 121 Å². The number of aryl methyl sites for hydroxylation is 1. The number of rotatable bonds is 5. The topological polar surface area (TPSA) is 57.0 Å². The van der Waals surface area contributed by atoms with Crippen molar-refractivity contribution in [3.8, 4) is 28.2 Å². The Morgan fingerprint density at radius 3 is 2.07 bits per heavy atom.